The van der Waals surface area contributed by atoms with Crippen molar-refractivity contribution in [2.75, 3.05) is 6.61 Å². The summed E-state index contributed by atoms with van der Waals surface area (Å²) in [5, 5.41) is 8.61. The molecule has 3 aromatic rings. The number of hydrogen-bond acceptors (Lipinski definition) is 4. The van der Waals surface area contributed by atoms with E-state index in [-0.39, 0.29) is 11.5 Å². The number of aliphatic carboxylic acids is 1. The standard InChI is InChI=1S/C24H19F4NO4/c1-14-8-19(33-24(26,27)28)9-15(2)23(14)17-5-3-4-16(10-17)12-29-18-6-7-21(20(25)11-18)32-13-22(30)31/h3-12H,13H2,1-2H3,(H,30,31). The minimum Gasteiger partial charge on any atom is -0.479 e. The van der Waals surface area contributed by atoms with Gasteiger partial charge < -0.3 is 14.6 Å². The molecule has 0 unspecified atom stereocenters. The molecule has 3 aromatic carbocycles. The van der Waals surface area contributed by atoms with Crippen LogP contribution >= 0.6 is 0 Å². The fourth-order valence-electron chi connectivity index (χ4n) is 3.32. The molecule has 3 rings (SSSR count). The Bertz CT molecular complexity index is 1180. The number of benzene rings is 3. The van der Waals surface area contributed by atoms with Gasteiger partial charge in [-0.25, -0.2) is 9.18 Å². The fourth-order valence-corrected chi connectivity index (χ4v) is 3.32. The van der Waals surface area contributed by atoms with Crippen molar-refractivity contribution in [1.82, 2.24) is 0 Å². The van der Waals surface area contributed by atoms with E-state index in [9.17, 15) is 22.4 Å². The number of carbonyl (C=O) groups is 1. The number of hydrogen-bond donors (Lipinski definition) is 1. The van der Waals surface area contributed by atoms with Crippen molar-refractivity contribution in [2.24, 2.45) is 4.99 Å². The van der Waals surface area contributed by atoms with E-state index in [2.05, 4.69) is 9.73 Å². The van der Waals surface area contributed by atoms with E-state index in [4.69, 9.17) is 9.84 Å². The zero-order valence-corrected chi connectivity index (χ0v) is 17.6. The van der Waals surface area contributed by atoms with Gasteiger partial charge in [0, 0.05) is 12.3 Å². The highest BCUT2D eigenvalue weighted by Gasteiger charge is 2.31. The average molecular weight is 461 g/mol. The zero-order chi connectivity index (χ0) is 24.2. The van der Waals surface area contributed by atoms with Crippen LogP contribution in [0.3, 0.4) is 0 Å². The van der Waals surface area contributed by atoms with Gasteiger partial charge in [-0.3, -0.25) is 4.99 Å². The van der Waals surface area contributed by atoms with Gasteiger partial charge >= 0.3 is 12.3 Å². The highest BCUT2D eigenvalue weighted by Crippen LogP contribution is 2.33. The second-order valence-electron chi connectivity index (χ2n) is 7.16. The lowest BCUT2D eigenvalue weighted by Gasteiger charge is -2.15. The number of carboxylic acids is 1. The lowest BCUT2D eigenvalue weighted by atomic mass is 9.94. The summed E-state index contributed by atoms with van der Waals surface area (Å²) < 4.78 is 60.5. The minimum absolute atomic E-state index is 0.192. The molecule has 0 radical (unpaired) electrons. The van der Waals surface area contributed by atoms with Gasteiger partial charge in [0.2, 0.25) is 0 Å². The van der Waals surface area contributed by atoms with Gasteiger partial charge in [-0.05, 0) is 72.0 Å². The average Bonchev–Trinajstić information content (AvgIpc) is 2.70. The summed E-state index contributed by atoms with van der Waals surface area (Å²) in [5.41, 5.74) is 3.75. The largest absolute Gasteiger partial charge is 0.573 e. The molecule has 0 fully saturated rings. The van der Waals surface area contributed by atoms with Crippen LogP contribution in [0.15, 0.2) is 59.6 Å². The first-order valence-corrected chi connectivity index (χ1v) is 9.67. The lowest BCUT2D eigenvalue weighted by molar-refractivity contribution is -0.274. The number of ether oxygens (including phenoxy) is 2. The van der Waals surface area contributed by atoms with Crippen LogP contribution in [0.25, 0.3) is 11.1 Å². The molecule has 1 N–H and O–H groups in total. The SMILES string of the molecule is Cc1cc(OC(F)(F)F)cc(C)c1-c1cccc(C=Nc2ccc(OCC(=O)O)c(F)c2)c1. The number of aliphatic imine (C=N–C) groups is 1. The Morgan fingerprint density at radius 2 is 1.76 bits per heavy atom. The van der Waals surface area contributed by atoms with Crippen molar-refractivity contribution in [3.05, 3.63) is 77.1 Å². The van der Waals surface area contributed by atoms with Gasteiger partial charge in [-0.2, -0.15) is 0 Å². The molecule has 0 amide bonds. The molecule has 33 heavy (non-hydrogen) atoms. The normalized spacial score (nSPS) is 11.6. The number of alkyl halides is 3. The summed E-state index contributed by atoms with van der Waals surface area (Å²) in [6.45, 7) is 2.74. The number of halogens is 4. The molecular formula is C24H19F4NO4. The van der Waals surface area contributed by atoms with Crippen molar-refractivity contribution in [3.63, 3.8) is 0 Å². The number of aryl methyl sites for hydroxylation is 2. The van der Waals surface area contributed by atoms with Gasteiger partial charge in [-0.15, -0.1) is 13.2 Å². The van der Waals surface area contributed by atoms with Crippen molar-refractivity contribution < 1.29 is 36.9 Å². The number of carboxylic acid groups (broad SMARTS) is 1. The first kappa shape index (κ1) is 23.8. The van der Waals surface area contributed by atoms with E-state index < -0.39 is 24.8 Å². The molecule has 0 saturated carbocycles. The quantitative estimate of drug-likeness (QED) is 0.335. The molecule has 5 nitrogen and oxygen atoms in total. The smallest absolute Gasteiger partial charge is 0.479 e. The van der Waals surface area contributed by atoms with Gasteiger partial charge in [-0.1, -0.05) is 18.2 Å². The van der Waals surface area contributed by atoms with Crippen LogP contribution in [0, 0.1) is 19.7 Å². The maximum atomic E-state index is 14.1. The summed E-state index contributed by atoms with van der Waals surface area (Å²) in [6.07, 6.45) is -3.25. The monoisotopic (exact) mass is 461 g/mol. The van der Waals surface area contributed by atoms with E-state index in [0.717, 1.165) is 17.2 Å². The molecule has 172 valence electrons. The third kappa shape index (κ3) is 6.55. The molecule has 0 aliphatic heterocycles. The molecule has 0 spiro atoms. The van der Waals surface area contributed by atoms with E-state index in [0.29, 0.717) is 22.4 Å². The summed E-state index contributed by atoms with van der Waals surface area (Å²) >= 11 is 0. The Hall–Kier alpha value is -3.88. The molecule has 0 heterocycles. The van der Waals surface area contributed by atoms with E-state index in [1.165, 1.54) is 30.5 Å². The second kappa shape index (κ2) is 9.72. The van der Waals surface area contributed by atoms with Crippen LogP contribution in [0.2, 0.25) is 0 Å². The topological polar surface area (TPSA) is 68.1 Å². The Morgan fingerprint density at radius 3 is 2.36 bits per heavy atom. The first-order valence-electron chi connectivity index (χ1n) is 9.67. The van der Waals surface area contributed by atoms with Crippen molar-refractivity contribution in [3.8, 4) is 22.6 Å². The highest BCUT2D eigenvalue weighted by atomic mass is 19.4. The van der Waals surface area contributed by atoms with Crippen LogP contribution in [-0.4, -0.2) is 30.3 Å². The summed E-state index contributed by atoms with van der Waals surface area (Å²) in [5.74, 6) is -2.43. The number of nitrogens with zero attached hydrogens (tertiary/aromatic N) is 1. The Balaban J connectivity index is 1.82. The van der Waals surface area contributed by atoms with Gasteiger partial charge in [0.15, 0.2) is 18.2 Å². The highest BCUT2D eigenvalue weighted by molar-refractivity contribution is 5.85. The molecule has 9 heteroatoms. The molecular weight excluding hydrogens is 442 g/mol. The Labute approximate surface area is 186 Å². The van der Waals surface area contributed by atoms with Crippen molar-refractivity contribution in [2.45, 2.75) is 20.2 Å². The first-order chi connectivity index (χ1) is 15.5. The Kier molecular flexibility index (Phi) is 7.01. The predicted octanol–water partition coefficient (Wildman–Crippen LogP) is 6.22. The lowest BCUT2D eigenvalue weighted by Crippen LogP contribution is -2.17. The number of rotatable bonds is 7. The van der Waals surface area contributed by atoms with Crippen LogP contribution in [0.1, 0.15) is 16.7 Å². The predicted molar refractivity (Wildman–Crippen MR) is 115 cm³/mol. The van der Waals surface area contributed by atoms with E-state index >= 15 is 0 Å². The zero-order valence-electron chi connectivity index (χ0n) is 17.6. The third-order valence-electron chi connectivity index (χ3n) is 4.54. The molecule has 0 saturated heterocycles. The maximum Gasteiger partial charge on any atom is 0.573 e. The van der Waals surface area contributed by atoms with Crippen molar-refractivity contribution in [1.29, 1.82) is 0 Å². The fraction of sp³-hybridized carbons (Fsp3) is 0.167. The van der Waals surface area contributed by atoms with E-state index in [1.807, 2.05) is 12.1 Å². The third-order valence-corrected chi connectivity index (χ3v) is 4.54. The Morgan fingerprint density at radius 1 is 1.06 bits per heavy atom. The van der Waals surface area contributed by atoms with Crippen molar-refractivity contribution >= 4 is 17.9 Å². The van der Waals surface area contributed by atoms with Gasteiger partial charge in [0.05, 0.1) is 5.69 Å². The van der Waals surface area contributed by atoms with Gasteiger partial charge in [0.1, 0.15) is 5.75 Å². The van der Waals surface area contributed by atoms with Crippen LogP contribution < -0.4 is 9.47 Å². The van der Waals surface area contributed by atoms with Crippen LogP contribution in [0.5, 0.6) is 11.5 Å². The maximum absolute atomic E-state index is 14.1. The summed E-state index contributed by atoms with van der Waals surface area (Å²) in [7, 11) is 0. The van der Waals surface area contributed by atoms with Gasteiger partial charge in [0.25, 0.3) is 0 Å². The second-order valence-corrected chi connectivity index (χ2v) is 7.16. The molecule has 0 aromatic heterocycles. The molecule has 0 aliphatic carbocycles. The molecule has 0 atom stereocenters. The summed E-state index contributed by atoms with van der Waals surface area (Å²) in [4.78, 5) is 14.8. The summed E-state index contributed by atoms with van der Waals surface area (Å²) in [6, 6.07) is 13.7. The molecule has 0 bridgehead atoms. The minimum atomic E-state index is -4.77. The van der Waals surface area contributed by atoms with Crippen LogP contribution in [0.4, 0.5) is 23.2 Å². The van der Waals surface area contributed by atoms with E-state index in [1.54, 1.807) is 26.0 Å². The van der Waals surface area contributed by atoms with Crippen LogP contribution in [-0.2, 0) is 4.79 Å². The molecule has 0 aliphatic rings.